The molecule has 1 fully saturated rings. The summed E-state index contributed by atoms with van der Waals surface area (Å²) in [6, 6.07) is 7.96. The van der Waals surface area contributed by atoms with Gasteiger partial charge < -0.3 is 24.6 Å². The van der Waals surface area contributed by atoms with Crippen LogP contribution in [0.3, 0.4) is 0 Å². The standard InChI is InChI=1S/C19H29N3O4/c1-3-26-19(24)22-14-12-21(13-15-22)18(23)9-11-20-10-8-16-6-4-5-7-17(16)25-2/h4-7,20H,3,8-15H2,1-2H3. The van der Waals surface area contributed by atoms with Crippen LogP contribution in [0.5, 0.6) is 5.75 Å². The molecule has 1 heterocycles. The van der Waals surface area contributed by atoms with Gasteiger partial charge in [0.05, 0.1) is 13.7 Å². The Labute approximate surface area is 155 Å². The summed E-state index contributed by atoms with van der Waals surface area (Å²) in [5, 5.41) is 3.31. The number of piperazine rings is 1. The minimum atomic E-state index is -0.294. The lowest BCUT2D eigenvalue weighted by atomic mass is 10.1. The van der Waals surface area contributed by atoms with Crippen molar-refractivity contribution in [2.75, 3.05) is 53.0 Å². The smallest absolute Gasteiger partial charge is 0.409 e. The summed E-state index contributed by atoms with van der Waals surface area (Å²) in [5.41, 5.74) is 1.16. The lowest BCUT2D eigenvalue weighted by molar-refractivity contribution is -0.132. The van der Waals surface area contributed by atoms with Crippen LogP contribution in [0.1, 0.15) is 18.9 Å². The van der Waals surface area contributed by atoms with Crippen molar-refractivity contribution < 1.29 is 19.1 Å². The highest BCUT2D eigenvalue weighted by molar-refractivity contribution is 5.77. The highest BCUT2D eigenvalue weighted by Crippen LogP contribution is 2.17. The Morgan fingerprint density at radius 2 is 1.77 bits per heavy atom. The third-order valence-corrected chi connectivity index (χ3v) is 4.44. The Balaban J connectivity index is 1.61. The molecule has 0 bridgehead atoms. The van der Waals surface area contributed by atoms with Crippen molar-refractivity contribution in [1.82, 2.24) is 15.1 Å². The largest absolute Gasteiger partial charge is 0.496 e. The van der Waals surface area contributed by atoms with Crippen LogP contribution in [0.25, 0.3) is 0 Å². The third kappa shape index (κ3) is 5.91. The Morgan fingerprint density at radius 1 is 1.08 bits per heavy atom. The molecule has 0 atom stereocenters. The van der Waals surface area contributed by atoms with Gasteiger partial charge in [-0.2, -0.15) is 0 Å². The molecule has 0 radical (unpaired) electrons. The molecule has 0 spiro atoms. The van der Waals surface area contributed by atoms with Crippen molar-refractivity contribution in [3.63, 3.8) is 0 Å². The average molecular weight is 363 g/mol. The number of methoxy groups -OCH3 is 1. The van der Waals surface area contributed by atoms with Crippen LogP contribution >= 0.6 is 0 Å². The lowest BCUT2D eigenvalue weighted by Crippen LogP contribution is -2.51. The molecule has 1 aliphatic heterocycles. The minimum Gasteiger partial charge on any atom is -0.496 e. The molecule has 0 aromatic heterocycles. The Hall–Kier alpha value is -2.28. The molecule has 1 aromatic carbocycles. The highest BCUT2D eigenvalue weighted by atomic mass is 16.6. The van der Waals surface area contributed by atoms with Gasteiger partial charge in [0.1, 0.15) is 5.75 Å². The quantitative estimate of drug-likeness (QED) is 0.709. The molecule has 0 saturated carbocycles. The first kappa shape index (κ1) is 20.0. The van der Waals surface area contributed by atoms with E-state index in [1.54, 1.807) is 18.9 Å². The van der Waals surface area contributed by atoms with Gasteiger partial charge in [0.25, 0.3) is 0 Å². The van der Waals surface area contributed by atoms with E-state index in [1.165, 1.54) is 0 Å². The molecule has 1 saturated heterocycles. The number of hydrogen-bond acceptors (Lipinski definition) is 5. The number of carbonyl (C=O) groups is 2. The number of nitrogens with one attached hydrogen (secondary N) is 1. The maximum Gasteiger partial charge on any atom is 0.409 e. The first-order chi connectivity index (χ1) is 12.7. The molecule has 2 rings (SSSR count). The number of amides is 2. The molecule has 0 unspecified atom stereocenters. The van der Waals surface area contributed by atoms with Crippen LogP contribution in [0.15, 0.2) is 24.3 Å². The van der Waals surface area contributed by atoms with Crippen molar-refractivity contribution >= 4 is 12.0 Å². The second kappa shape index (κ2) is 10.7. The molecular weight excluding hydrogens is 334 g/mol. The van der Waals surface area contributed by atoms with Crippen LogP contribution in [-0.2, 0) is 16.0 Å². The number of hydrogen-bond donors (Lipinski definition) is 1. The normalized spacial score (nSPS) is 14.2. The van der Waals surface area contributed by atoms with Gasteiger partial charge in [-0.05, 0) is 31.5 Å². The maximum atomic E-state index is 12.3. The number of ether oxygens (including phenoxy) is 2. The van der Waals surface area contributed by atoms with Crippen molar-refractivity contribution in [3.8, 4) is 5.75 Å². The zero-order valence-electron chi connectivity index (χ0n) is 15.7. The van der Waals surface area contributed by atoms with Crippen LogP contribution in [0.4, 0.5) is 4.79 Å². The molecule has 2 amide bonds. The van der Waals surface area contributed by atoms with Crippen LogP contribution in [0.2, 0.25) is 0 Å². The van der Waals surface area contributed by atoms with Crippen LogP contribution < -0.4 is 10.1 Å². The molecule has 1 N–H and O–H groups in total. The Bertz CT molecular complexity index is 586. The van der Waals surface area contributed by atoms with Gasteiger partial charge in [-0.25, -0.2) is 4.79 Å². The maximum absolute atomic E-state index is 12.3. The van der Waals surface area contributed by atoms with Gasteiger partial charge in [0.2, 0.25) is 5.91 Å². The summed E-state index contributed by atoms with van der Waals surface area (Å²) in [7, 11) is 1.67. The van der Waals surface area contributed by atoms with Gasteiger partial charge in [0.15, 0.2) is 0 Å². The number of benzene rings is 1. The monoisotopic (exact) mass is 363 g/mol. The zero-order chi connectivity index (χ0) is 18.8. The predicted octanol–water partition coefficient (Wildman–Crippen LogP) is 1.52. The minimum absolute atomic E-state index is 0.123. The molecule has 0 aliphatic carbocycles. The highest BCUT2D eigenvalue weighted by Gasteiger charge is 2.24. The summed E-state index contributed by atoms with van der Waals surface area (Å²) >= 11 is 0. The van der Waals surface area contributed by atoms with Gasteiger partial charge in [0, 0.05) is 39.1 Å². The number of rotatable bonds is 8. The number of para-hydroxylation sites is 1. The van der Waals surface area contributed by atoms with E-state index in [9.17, 15) is 9.59 Å². The van der Waals surface area contributed by atoms with E-state index < -0.39 is 0 Å². The lowest BCUT2D eigenvalue weighted by Gasteiger charge is -2.34. The fourth-order valence-electron chi connectivity index (χ4n) is 2.96. The second-order valence-corrected chi connectivity index (χ2v) is 6.13. The first-order valence-electron chi connectivity index (χ1n) is 9.17. The van der Waals surface area contributed by atoms with E-state index in [4.69, 9.17) is 9.47 Å². The van der Waals surface area contributed by atoms with Gasteiger partial charge >= 0.3 is 6.09 Å². The summed E-state index contributed by atoms with van der Waals surface area (Å²) in [6.07, 6.45) is 1.03. The molecule has 26 heavy (non-hydrogen) atoms. The second-order valence-electron chi connectivity index (χ2n) is 6.13. The number of carbonyl (C=O) groups excluding carboxylic acids is 2. The van der Waals surface area contributed by atoms with E-state index in [1.807, 2.05) is 23.1 Å². The SMILES string of the molecule is CCOC(=O)N1CCN(C(=O)CCNCCc2ccccc2OC)CC1. The van der Waals surface area contributed by atoms with Crippen LogP contribution in [-0.4, -0.2) is 74.8 Å². The zero-order valence-corrected chi connectivity index (χ0v) is 15.7. The van der Waals surface area contributed by atoms with E-state index >= 15 is 0 Å². The van der Waals surface area contributed by atoms with Gasteiger partial charge in [-0.15, -0.1) is 0 Å². The topological polar surface area (TPSA) is 71.1 Å². The summed E-state index contributed by atoms with van der Waals surface area (Å²) in [4.78, 5) is 27.4. The number of nitrogens with zero attached hydrogens (tertiary/aromatic N) is 2. The first-order valence-corrected chi connectivity index (χ1v) is 9.17. The molecular formula is C19H29N3O4. The molecule has 7 nitrogen and oxygen atoms in total. The Kier molecular flexibility index (Phi) is 8.21. The van der Waals surface area contributed by atoms with Gasteiger partial charge in [-0.3, -0.25) is 4.79 Å². The molecule has 1 aliphatic rings. The van der Waals surface area contributed by atoms with E-state index in [0.717, 1.165) is 24.3 Å². The fraction of sp³-hybridized carbons (Fsp3) is 0.579. The van der Waals surface area contributed by atoms with E-state index in [-0.39, 0.29) is 12.0 Å². The summed E-state index contributed by atoms with van der Waals surface area (Å²) < 4.78 is 10.3. The summed E-state index contributed by atoms with van der Waals surface area (Å²) in [5.74, 6) is 1.02. The van der Waals surface area contributed by atoms with Crippen molar-refractivity contribution in [3.05, 3.63) is 29.8 Å². The van der Waals surface area contributed by atoms with E-state index in [2.05, 4.69) is 11.4 Å². The summed E-state index contributed by atoms with van der Waals surface area (Å²) in [6.45, 7) is 5.81. The molecule has 144 valence electrons. The van der Waals surface area contributed by atoms with Gasteiger partial charge in [-0.1, -0.05) is 18.2 Å². The van der Waals surface area contributed by atoms with Crippen molar-refractivity contribution in [2.45, 2.75) is 19.8 Å². The molecule has 1 aromatic rings. The fourth-order valence-corrected chi connectivity index (χ4v) is 2.96. The van der Waals surface area contributed by atoms with E-state index in [0.29, 0.717) is 45.8 Å². The Morgan fingerprint density at radius 3 is 2.46 bits per heavy atom. The average Bonchev–Trinajstić information content (AvgIpc) is 2.68. The van der Waals surface area contributed by atoms with Crippen molar-refractivity contribution in [1.29, 1.82) is 0 Å². The molecule has 7 heteroatoms. The van der Waals surface area contributed by atoms with Crippen LogP contribution in [0, 0.1) is 0 Å². The third-order valence-electron chi connectivity index (χ3n) is 4.44. The predicted molar refractivity (Wildman–Crippen MR) is 99.4 cm³/mol. The van der Waals surface area contributed by atoms with Crippen molar-refractivity contribution in [2.24, 2.45) is 0 Å².